The van der Waals surface area contributed by atoms with Crippen molar-refractivity contribution < 1.29 is 19.7 Å². The smallest absolute Gasteiger partial charge is 0.309 e. The molecule has 0 radical (unpaired) electrons. The topological polar surface area (TPSA) is 66.8 Å². The lowest BCUT2D eigenvalue weighted by Gasteiger charge is -2.52. The summed E-state index contributed by atoms with van der Waals surface area (Å²) in [5.41, 5.74) is 0.153. The number of esters is 1. The molecule has 4 fully saturated rings. The molecule has 96 valence electrons. The van der Waals surface area contributed by atoms with Gasteiger partial charge in [0.25, 0.3) is 0 Å². The van der Waals surface area contributed by atoms with Crippen LogP contribution in [0.1, 0.15) is 19.8 Å². The summed E-state index contributed by atoms with van der Waals surface area (Å²) in [5.74, 6) is 0.262. The number of rotatable bonds is 2. The molecular weight excluding hydrogens is 220 g/mol. The maximum absolute atomic E-state index is 11.9. The highest BCUT2D eigenvalue weighted by Gasteiger charge is 2.72. The molecular formula is C13H20O4. The minimum Gasteiger partial charge on any atom is -0.469 e. The fourth-order valence-electron chi connectivity index (χ4n) is 4.89. The molecule has 2 bridgehead atoms. The molecule has 0 aromatic heterocycles. The summed E-state index contributed by atoms with van der Waals surface area (Å²) in [6.45, 7) is 2.16. The van der Waals surface area contributed by atoms with Crippen molar-refractivity contribution in [1.82, 2.24) is 0 Å². The largest absolute Gasteiger partial charge is 0.469 e. The molecule has 0 saturated heterocycles. The first-order valence-corrected chi connectivity index (χ1v) is 6.41. The number of carbonyl (C=O) groups is 1. The van der Waals surface area contributed by atoms with Crippen LogP contribution in [-0.4, -0.2) is 36.0 Å². The van der Waals surface area contributed by atoms with Gasteiger partial charge < -0.3 is 14.9 Å². The van der Waals surface area contributed by atoms with Crippen LogP contribution in [0, 0.1) is 35.0 Å². The number of methoxy groups -OCH3 is 1. The second-order valence-corrected chi connectivity index (χ2v) is 6.20. The van der Waals surface area contributed by atoms with E-state index in [1.807, 2.05) is 0 Å². The average Bonchev–Trinajstić information content (AvgIpc) is 3.01. The predicted octanol–water partition coefficient (Wildman–Crippen LogP) is 0.421. The zero-order valence-electron chi connectivity index (χ0n) is 10.3. The van der Waals surface area contributed by atoms with Gasteiger partial charge in [-0.1, -0.05) is 6.92 Å². The van der Waals surface area contributed by atoms with E-state index >= 15 is 0 Å². The molecule has 0 aromatic carbocycles. The molecule has 4 nitrogen and oxygen atoms in total. The highest BCUT2D eigenvalue weighted by Crippen LogP contribution is 2.73. The van der Waals surface area contributed by atoms with Gasteiger partial charge in [-0.15, -0.1) is 0 Å². The number of ether oxygens (including phenoxy) is 1. The highest BCUT2D eigenvalue weighted by molar-refractivity contribution is 5.74. The van der Waals surface area contributed by atoms with Crippen LogP contribution in [0.25, 0.3) is 0 Å². The molecule has 7 atom stereocenters. The Morgan fingerprint density at radius 1 is 1.53 bits per heavy atom. The SMILES string of the molecule is COC(=O)[C@H]1[C@@H](CO)[C@@H]2[C@@H](O)C[C@H]1[C@H]1C[C@@]21C. The quantitative estimate of drug-likeness (QED) is 0.687. The van der Waals surface area contributed by atoms with Gasteiger partial charge in [0.05, 0.1) is 19.1 Å². The molecule has 0 aliphatic heterocycles. The summed E-state index contributed by atoms with van der Waals surface area (Å²) < 4.78 is 4.88. The number of carbonyl (C=O) groups excluding carboxylic acids is 1. The molecule has 0 amide bonds. The van der Waals surface area contributed by atoms with Crippen LogP contribution < -0.4 is 0 Å². The first kappa shape index (κ1) is 11.5. The maximum Gasteiger partial charge on any atom is 0.309 e. The Balaban J connectivity index is 1.96. The van der Waals surface area contributed by atoms with E-state index in [0.29, 0.717) is 12.3 Å². The van der Waals surface area contributed by atoms with Gasteiger partial charge in [0.1, 0.15) is 0 Å². The van der Waals surface area contributed by atoms with E-state index < -0.39 is 0 Å². The molecule has 4 aliphatic carbocycles. The molecule has 0 unspecified atom stereocenters. The van der Waals surface area contributed by atoms with Crippen LogP contribution >= 0.6 is 0 Å². The van der Waals surface area contributed by atoms with Crippen molar-refractivity contribution in [2.75, 3.05) is 13.7 Å². The van der Waals surface area contributed by atoms with Crippen LogP contribution in [0.2, 0.25) is 0 Å². The lowest BCUT2D eigenvalue weighted by molar-refractivity contribution is -0.172. The molecule has 4 rings (SSSR count). The monoisotopic (exact) mass is 240 g/mol. The highest BCUT2D eigenvalue weighted by atomic mass is 16.5. The Kier molecular flexibility index (Phi) is 2.33. The summed E-state index contributed by atoms with van der Waals surface area (Å²) >= 11 is 0. The lowest BCUT2D eigenvalue weighted by Crippen LogP contribution is -2.56. The lowest BCUT2D eigenvalue weighted by atomic mass is 9.54. The molecule has 0 aromatic rings. The van der Waals surface area contributed by atoms with Crippen LogP contribution in [0.4, 0.5) is 0 Å². The third-order valence-corrected chi connectivity index (χ3v) is 5.62. The summed E-state index contributed by atoms with van der Waals surface area (Å²) in [6, 6.07) is 0. The van der Waals surface area contributed by atoms with Gasteiger partial charge in [0, 0.05) is 12.5 Å². The standard InChI is InChI=1S/C13H20O4/c1-13-4-8(13)6-3-9(15)11(13)7(5-14)10(6)12(16)17-2/h6-11,14-15H,3-5H2,1-2H3/t6-,7+,8+,9-,10+,11+,13+/m0/s1. The van der Waals surface area contributed by atoms with Crippen LogP contribution in [0.15, 0.2) is 0 Å². The van der Waals surface area contributed by atoms with Gasteiger partial charge in [-0.25, -0.2) is 0 Å². The molecule has 4 aliphatic rings. The van der Waals surface area contributed by atoms with Crippen molar-refractivity contribution in [1.29, 1.82) is 0 Å². The normalized spacial score (nSPS) is 55.3. The first-order valence-electron chi connectivity index (χ1n) is 6.41. The minimum absolute atomic E-state index is 0.0275. The molecule has 17 heavy (non-hydrogen) atoms. The van der Waals surface area contributed by atoms with E-state index in [0.717, 1.165) is 6.42 Å². The average molecular weight is 240 g/mol. The second-order valence-electron chi connectivity index (χ2n) is 6.20. The predicted molar refractivity (Wildman–Crippen MR) is 59.9 cm³/mol. The van der Waals surface area contributed by atoms with Gasteiger partial charge in [-0.05, 0) is 36.0 Å². The number of hydrogen-bond donors (Lipinski definition) is 2. The molecule has 2 N–H and O–H groups in total. The van der Waals surface area contributed by atoms with Crippen LogP contribution in [0.5, 0.6) is 0 Å². The van der Waals surface area contributed by atoms with Crippen molar-refractivity contribution in [3.63, 3.8) is 0 Å². The zero-order chi connectivity index (χ0) is 12.4. The van der Waals surface area contributed by atoms with E-state index in [1.165, 1.54) is 7.11 Å². The third kappa shape index (κ3) is 1.28. The van der Waals surface area contributed by atoms with Crippen molar-refractivity contribution >= 4 is 5.97 Å². The minimum atomic E-state index is -0.359. The van der Waals surface area contributed by atoms with Crippen LogP contribution in [-0.2, 0) is 9.53 Å². The van der Waals surface area contributed by atoms with Crippen LogP contribution in [0.3, 0.4) is 0 Å². The third-order valence-electron chi connectivity index (χ3n) is 5.62. The molecule has 4 saturated carbocycles. The summed E-state index contributed by atoms with van der Waals surface area (Å²) in [5, 5.41) is 19.7. The van der Waals surface area contributed by atoms with E-state index in [-0.39, 0.29) is 47.8 Å². The Morgan fingerprint density at radius 3 is 2.82 bits per heavy atom. The van der Waals surface area contributed by atoms with Crippen molar-refractivity contribution in [3.05, 3.63) is 0 Å². The van der Waals surface area contributed by atoms with E-state index in [4.69, 9.17) is 4.74 Å². The Hall–Kier alpha value is -0.610. The van der Waals surface area contributed by atoms with Gasteiger partial charge in [0.15, 0.2) is 0 Å². The van der Waals surface area contributed by atoms with Gasteiger partial charge >= 0.3 is 5.97 Å². The zero-order valence-corrected chi connectivity index (χ0v) is 10.3. The van der Waals surface area contributed by atoms with E-state index in [9.17, 15) is 15.0 Å². The van der Waals surface area contributed by atoms with Crippen molar-refractivity contribution in [2.24, 2.45) is 35.0 Å². The fraction of sp³-hybridized carbons (Fsp3) is 0.923. The van der Waals surface area contributed by atoms with Gasteiger partial charge in [-0.2, -0.15) is 0 Å². The number of aliphatic hydroxyl groups is 2. The Morgan fingerprint density at radius 2 is 2.24 bits per heavy atom. The number of fused-ring (bicyclic) bond motifs is 2. The summed E-state index contributed by atoms with van der Waals surface area (Å²) in [6.07, 6.45) is 1.42. The summed E-state index contributed by atoms with van der Waals surface area (Å²) in [4.78, 5) is 11.9. The van der Waals surface area contributed by atoms with E-state index in [1.54, 1.807) is 0 Å². The fourth-order valence-corrected chi connectivity index (χ4v) is 4.89. The second kappa shape index (κ2) is 3.45. The molecule has 0 spiro atoms. The van der Waals surface area contributed by atoms with Gasteiger partial charge in [0.2, 0.25) is 0 Å². The Bertz CT molecular complexity index is 355. The Labute approximate surface area is 101 Å². The van der Waals surface area contributed by atoms with Crippen molar-refractivity contribution in [3.8, 4) is 0 Å². The number of hydrogen-bond acceptors (Lipinski definition) is 4. The summed E-state index contributed by atoms with van der Waals surface area (Å²) in [7, 11) is 1.40. The maximum atomic E-state index is 11.9. The number of aliphatic hydroxyl groups excluding tert-OH is 2. The van der Waals surface area contributed by atoms with Gasteiger partial charge in [-0.3, -0.25) is 4.79 Å². The molecule has 4 heteroatoms. The van der Waals surface area contributed by atoms with Crippen molar-refractivity contribution in [2.45, 2.75) is 25.9 Å². The van der Waals surface area contributed by atoms with E-state index in [2.05, 4.69) is 6.92 Å². The molecule has 0 heterocycles. The first-order chi connectivity index (χ1) is 8.04.